The largest absolute Gasteiger partial charge is 0.392 e. The maximum absolute atomic E-state index is 11.6. The molecule has 2 bridgehead atoms. The number of ether oxygens (including phenoxy) is 1. The Kier molecular flexibility index (Phi) is 4.79. The van der Waals surface area contributed by atoms with Gasteiger partial charge >= 0.3 is 0 Å². The molecule has 3 heterocycles. The van der Waals surface area contributed by atoms with E-state index in [0.717, 1.165) is 41.2 Å². The maximum atomic E-state index is 11.6. The van der Waals surface area contributed by atoms with Crippen molar-refractivity contribution in [3.63, 3.8) is 0 Å². The summed E-state index contributed by atoms with van der Waals surface area (Å²) in [5, 5.41) is 36.0. The van der Waals surface area contributed by atoms with Crippen molar-refractivity contribution in [1.82, 2.24) is 9.88 Å². The number of hydrogen-bond acceptors (Lipinski definition) is 6. The minimum absolute atomic E-state index is 0.0126. The van der Waals surface area contributed by atoms with Gasteiger partial charge in [-0.1, -0.05) is 37.3 Å². The van der Waals surface area contributed by atoms with Crippen LogP contribution in [0.15, 0.2) is 60.0 Å². The Morgan fingerprint density at radius 1 is 1.11 bits per heavy atom. The SMILES string of the molecule is CN(C)[C@H]1C[C@@]23CC[C@@]4(O2)C(=CC[C@@]2(C)[C@H]4C[C@H](O)[C@@H]2c2cccc4ccncc24)C=C3[C@@H](O)[C@@H]1O. The third-order valence-electron chi connectivity index (χ3n) is 10.6. The molecule has 9 atom stereocenters. The molecule has 2 aromatic rings. The second-order valence-electron chi connectivity index (χ2n) is 12.4. The number of aliphatic hydroxyl groups is 3. The Balaban J connectivity index is 1.34. The van der Waals surface area contributed by atoms with Crippen molar-refractivity contribution in [3.05, 3.63) is 65.5 Å². The monoisotopic (exact) mass is 488 g/mol. The molecule has 1 saturated heterocycles. The molecular weight excluding hydrogens is 452 g/mol. The van der Waals surface area contributed by atoms with Crippen LogP contribution in [-0.2, 0) is 4.74 Å². The molecule has 1 aromatic carbocycles. The fourth-order valence-electron chi connectivity index (χ4n) is 8.90. The van der Waals surface area contributed by atoms with Crippen LogP contribution in [0.1, 0.15) is 50.5 Å². The zero-order valence-corrected chi connectivity index (χ0v) is 21.3. The summed E-state index contributed by atoms with van der Waals surface area (Å²) in [6, 6.07) is 8.24. The lowest BCUT2D eigenvalue weighted by Crippen LogP contribution is -2.61. The predicted molar refractivity (Wildman–Crippen MR) is 137 cm³/mol. The average Bonchev–Trinajstić information content (AvgIpc) is 3.32. The first-order valence-corrected chi connectivity index (χ1v) is 13.4. The van der Waals surface area contributed by atoms with E-state index in [4.69, 9.17) is 4.74 Å². The highest BCUT2D eigenvalue weighted by atomic mass is 16.5. The number of pyridine rings is 1. The molecular formula is C30H36N2O4. The highest BCUT2D eigenvalue weighted by Gasteiger charge is 2.69. The van der Waals surface area contributed by atoms with Gasteiger partial charge in [0, 0.05) is 35.7 Å². The van der Waals surface area contributed by atoms with E-state index in [2.05, 4.69) is 42.3 Å². The fourth-order valence-corrected chi connectivity index (χ4v) is 8.90. The molecule has 6 nitrogen and oxygen atoms in total. The normalized spacial score (nSPS) is 45.2. The van der Waals surface area contributed by atoms with Gasteiger partial charge in [-0.05, 0) is 79.8 Å². The second kappa shape index (κ2) is 7.49. The van der Waals surface area contributed by atoms with Crippen LogP contribution in [0.3, 0.4) is 0 Å². The molecule has 190 valence electrons. The first-order valence-electron chi connectivity index (χ1n) is 13.4. The average molecular weight is 489 g/mol. The molecule has 36 heavy (non-hydrogen) atoms. The zero-order valence-electron chi connectivity index (χ0n) is 21.3. The van der Waals surface area contributed by atoms with Crippen LogP contribution in [0.4, 0.5) is 0 Å². The van der Waals surface area contributed by atoms with Crippen molar-refractivity contribution < 1.29 is 20.1 Å². The lowest BCUT2D eigenvalue weighted by atomic mass is 9.57. The quantitative estimate of drug-likeness (QED) is 0.601. The molecule has 2 aliphatic heterocycles. The van der Waals surface area contributed by atoms with Crippen LogP contribution in [0.5, 0.6) is 0 Å². The minimum Gasteiger partial charge on any atom is -0.392 e. The summed E-state index contributed by atoms with van der Waals surface area (Å²) >= 11 is 0. The Bertz CT molecular complexity index is 1300. The van der Waals surface area contributed by atoms with Crippen LogP contribution in [-0.4, -0.2) is 74.9 Å². The van der Waals surface area contributed by atoms with E-state index in [1.54, 1.807) is 0 Å². The summed E-state index contributed by atoms with van der Waals surface area (Å²) in [5.41, 5.74) is 1.96. The Morgan fingerprint density at radius 2 is 1.94 bits per heavy atom. The van der Waals surface area contributed by atoms with Gasteiger partial charge in [0.2, 0.25) is 0 Å². The zero-order chi connectivity index (χ0) is 25.0. The third kappa shape index (κ3) is 2.77. The summed E-state index contributed by atoms with van der Waals surface area (Å²) in [6.45, 7) is 2.34. The summed E-state index contributed by atoms with van der Waals surface area (Å²) in [5.74, 6) is 0.150. The molecule has 0 unspecified atom stereocenters. The first kappa shape index (κ1) is 23.1. The number of benzene rings is 1. The molecule has 3 aliphatic carbocycles. The molecule has 1 aromatic heterocycles. The molecule has 0 amide bonds. The number of rotatable bonds is 2. The number of aliphatic hydroxyl groups excluding tert-OH is 3. The Labute approximate surface area is 212 Å². The molecule has 2 saturated carbocycles. The highest BCUT2D eigenvalue weighted by molar-refractivity contribution is 5.85. The Hall–Kier alpha value is -2.09. The highest BCUT2D eigenvalue weighted by Crippen LogP contribution is 2.69. The van der Waals surface area contributed by atoms with E-state index in [0.29, 0.717) is 12.8 Å². The van der Waals surface area contributed by atoms with Gasteiger partial charge in [0.1, 0.15) is 6.10 Å². The molecule has 3 fully saturated rings. The molecule has 5 aliphatic rings. The number of likely N-dealkylation sites (N-methyl/N-ethyl adjacent to an activating group) is 1. The van der Waals surface area contributed by atoms with Crippen molar-refractivity contribution >= 4 is 10.8 Å². The number of hydrogen-bond donors (Lipinski definition) is 3. The van der Waals surface area contributed by atoms with Gasteiger partial charge in [0.05, 0.1) is 23.4 Å². The smallest absolute Gasteiger partial charge is 0.105 e. The van der Waals surface area contributed by atoms with E-state index >= 15 is 0 Å². The van der Waals surface area contributed by atoms with Crippen LogP contribution in [0.2, 0.25) is 0 Å². The van der Waals surface area contributed by atoms with Crippen LogP contribution in [0, 0.1) is 11.3 Å². The molecule has 6 heteroatoms. The van der Waals surface area contributed by atoms with E-state index in [-0.39, 0.29) is 23.3 Å². The van der Waals surface area contributed by atoms with E-state index < -0.39 is 29.5 Å². The van der Waals surface area contributed by atoms with Crippen LogP contribution >= 0.6 is 0 Å². The van der Waals surface area contributed by atoms with Gasteiger partial charge in [-0.2, -0.15) is 0 Å². The van der Waals surface area contributed by atoms with Gasteiger partial charge in [0.25, 0.3) is 0 Å². The predicted octanol–water partition coefficient (Wildman–Crippen LogP) is 3.32. The Morgan fingerprint density at radius 3 is 2.75 bits per heavy atom. The summed E-state index contributed by atoms with van der Waals surface area (Å²) in [7, 11) is 3.92. The number of aromatic nitrogens is 1. The summed E-state index contributed by atoms with van der Waals surface area (Å²) in [6.07, 6.45) is 9.88. The number of allylic oxidation sites excluding steroid dienone is 1. The van der Waals surface area contributed by atoms with Crippen LogP contribution < -0.4 is 0 Å². The van der Waals surface area contributed by atoms with Gasteiger partial charge in [-0.3, -0.25) is 4.98 Å². The summed E-state index contributed by atoms with van der Waals surface area (Å²) < 4.78 is 7.22. The third-order valence-corrected chi connectivity index (χ3v) is 10.6. The molecule has 3 N–H and O–H groups in total. The van der Waals surface area contributed by atoms with Crippen molar-refractivity contribution in [2.24, 2.45) is 11.3 Å². The standard InChI is InChI=1S/C30H36N2O4/c1-28-9-7-18-13-21-26(34)27(35)22(32(2)3)15-29(21)10-11-30(18,36-29)24(28)14-23(33)25(28)19-6-4-5-17-8-12-31-16-20(17)19/h4-8,12-13,16,22-27,33-35H,9-11,14-15H2,1-3H3/t22-,23-,24+,25-,26+,27+,28-,29+,30+/m0/s1. The fraction of sp³-hybridized carbons (Fsp3) is 0.567. The van der Waals surface area contributed by atoms with Crippen molar-refractivity contribution in [2.75, 3.05) is 14.1 Å². The lowest BCUT2D eigenvalue weighted by Gasteiger charge is -2.56. The van der Waals surface area contributed by atoms with Crippen molar-refractivity contribution in [2.45, 2.75) is 80.5 Å². The van der Waals surface area contributed by atoms with Gasteiger partial charge in [0.15, 0.2) is 0 Å². The van der Waals surface area contributed by atoms with Gasteiger partial charge < -0.3 is 25.0 Å². The van der Waals surface area contributed by atoms with Gasteiger partial charge in [-0.25, -0.2) is 0 Å². The molecule has 2 spiro atoms. The number of fused-ring (bicyclic) bond motifs is 2. The topological polar surface area (TPSA) is 86.1 Å². The van der Waals surface area contributed by atoms with E-state index in [1.807, 2.05) is 37.5 Å². The number of nitrogens with zero attached hydrogens (tertiary/aromatic N) is 2. The van der Waals surface area contributed by atoms with Crippen molar-refractivity contribution in [3.8, 4) is 0 Å². The molecule has 7 rings (SSSR count). The summed E-state index contributed by atoms with van der Waals surface area (Å²) in [4.78, 5) is 6.41. The minimum atomic E-state index is -0.929. The lowest BCUT2D eigenvalue weighted by molar-refractivity contribution is -0.165. The maximum Gasteiger partial charge on any atom is 0.105 e. The van der Waals surface area contributed by atoms with E-state index in [1.165, 1.54) is 5.56 Å². The first-order chi connectivity index (χ1) is 17.2. The second-order valence-corrected chi connectivity index (χ2v) is 12.4. The van der Waals surface area contributed by atoms with Crippen LogP contribution in [0.25, 0.3) is 10.8 Å². The van der Waals surface area contributed by atoms with Gasteiger partial charge in [-0.15, -0.1) is 0 Å². The molecule has 0 radical (unpaired) electrons. The van der Waals surface area contributed by atoms with Crippen molar-refractivity contribution in [1.29, 1.82) is 0 Å². The van der Waals surface area contributed by atoms with E-state index in [9.17, 15) is 15.3 Å².